The van der Waals surface area contributed by atoms with E-state index in [1.54, 1.807) is 18.4 Å². The highest BCUT2D eigenvalue weighted by Gasteiger charge is 2.03. The van der Waals surface area contributed by atoms with Gasteiger partial charge in [0, 0.05) is 12.8 Å². The highest BCUT2D eigenvalue weighted by atomic mass is 16.3. The van der Waals surface area contributed by atoms with E-state index in [9.17, 15) is 9.59 Å². The topological polar surface area (TPSA) is 59.3 Å². The molecule has 14 heavy (non-hydrogen) atoms. The summed E-state index contributed by atoms with van der Waals surface area (Å²) in [6, 6.07) is 3.54. The lowest BCUT2D eigenvalue weighted by Crippen LogP contribution is -2.22. The molecule has 4 heteroatoms. The second-order valence-corrected chi connectivity index (χ2v) is 3.06. The molecule has 0 aliphatic carbocycles. The molecule has 4 nitrogen and oxygen atoms in total. The first-order chi connectivity index (χ1) is 6.68. The maximum Gasteiger partial charge on any atom is 0.220 e. The molecule has 1 aromatic heterocycles. The van der Waals surface area contributed by atoms with Crippen molar-refractivity contribution in [3.8, 4) is 0 Å². The third-order valence-corrected chi connectivity index (χ3v) is 1.74. The van der Waals surface area contributed by atoms with Crippen LogP contribution in [0.4, 0.5) is 0 Å². The molecular weight excluding hydrogens is 182 g/mol. The fourth-order valence-corrected chi connectivity index (χ4v) is 0.977. The minimum absolute atomic E-state index is 0.0261. The third kappa shape index (κ3) is 3.89. The summed E-state index contributed by atoms with van der Waals surface area (Å²) in [6.07, 6.45) is 2.09. The molecule has 0 saturated heterocycles. The SMILES string of the molecule is CC(=O)CCC(=O)NCc1ccco1. The normalized spacial score (nSPS) is 9.79. The molecule has 0 bridgehead atoms. The molecule has 1 heterocycles. The number of rotatable bonds is 5. The van der Waals surface area contributed by atoms with Crippen molar-refractivity contribution < 1.29 is 14.0 Å². The summed E-state index contributed by atoms with van der Waals surface area (Å²) < 4.78 is 5.03. The largest absolute Gasteiger partial charge is 0.467 e. The van der Waals surface area contributed by atoms with E-state index in [1.165, 1.54) is 6.92 Å². The van der Waals surface area contributed by atoms with Gasteiger partial charge in [0.15, 0.2) is 0 Å². The lowest BCUT2D eigenvalue weighted by molar-refractivity contribution is -0.124. The van der Waals surface area contributed by atoms with Crippen molar-refractivity contribution in [2.24, 2.45) is 0 Å². The standard InChI is InChI=1S/C10H13NO3/c1-8(12)4-5-10(13)11-7-9-3-2-6-14-9/h2-3,6H,4-5,7H2,1H3,(H,11,13). The van der Waals surface area contributed by atoms with Gasteiger partial charge in [0.2, 0.25) is 5.91 Å². The van der Waals surface area contributed by atoms with E-state index >= 15 is 0 Å². The van der Waals surface area contributed by atoms with Crippen LogP contribution in [0.3, 0.4) is 0 Å². The van der Waals surface area contributed by atoms with Crippen LogP contribution in [0.5, 0.6) is 0 Å². The highest BCUT2D eigenvalue weighted by molar-refractivity contribution is 5.83. The molecule has 76 valence electrons. The van der Waals surface area contributed by atoms with Crippen LogP contribution >= 0.6 is 0 Å². The van der Waals surface area contributed by atoms with E-state index < -0.39 is 0 Å². The Bertz CT molecular complexity index is 303. The highest BCUT2D eigenvalue weighted by Crippen LogP contribution is 1.99. The Morgan fingerprint density at radius 2 is 2.21 bits per heavy atom. The molecule has 0 saturated carbocycles. The Balaban J connectivity index is 2.18. The lowest BCUT2D eigenvalue weighted by atomic mass is 10.2. The average Bonchev–Trinajstić information content (AvgIpc) is 2.63. The zero-order valence-corrected chi connectivity index (χ0v) is 8.08. The van der Waals surface area contributed by atoms with Crippen molar-refractivity contribution in [2.45, 2.75) is 26.3 Å². The van der Waals surface area contributed by atoms with Crippen molar-refractivity contribution in [2.75, 3.05) is 0 Å². The van der Waals surface area contributed by atoms with Crippen molar-refractivity contribution in [1.82, 2.24) is 5.32 Å². The molecule has 0 aliphatic heterocycles. The molecule has 1 rings (SSSR count). The zero-order chi connectivity index (χ0) is 10.4. The summed E-state index contributed by atoms with van der Waals surface area (Å²) in [5.74, 6) is 0.607. The third-order valence-electron chi connectivity index (χ3n) is 1.74. The van der Waals surface area contributed by atoms with Gasteiger partial charge >= 0.3 is 0 Å². The summed E-state index contributed by atoms with van der Waals surface area (Å²) in [5.41, 5.74) is 0. The first kappa shape index (κ1) is 10.5. The number of amides is 1. The predicted octanol–water partition coefficient (Wildman–Crippen LogP) is 1.27. The van der Waals surface area contributed by atoms with Crippen LogP contribution in [0, 0.1) is 0 Å². The van der Waals surface area contributed by atoms with Crippen LogP contribution in [0.25, 0.3) is 0 Å². The number of nitrogens with one attached hydrogen (secondary N) is 1. The van der Waals surface area contributed by atoms with Gasteiger partial charge in [-0.3, -0.25) is 4.79 Å². The van der Waals surface area contributed by atoms with Gasteiger partial charge in [0.25, 0.3) is 0 Å². The van der Waals surface area contributed by atoms with Crippen molar-refractivity contribution >= 4 is 11.7 Å². The Kier molecular flexibility index (Phi) is 3.91. The molecular formula is C10H13NO3. The number of Topliss-reactive ketones (excluding diaryl/α,β-unsaturated/α-hetero) is 1. The van der Waals surface area contributed by atoms with Crippen LogP contribution in [-0.4, -0.2) is 11.7 Å². The van der Waals surface area contributed by atoms with Crippen molar-refractivity contribution in [1.29, 1.82) is 0 Å². The summed E-state index contributed by atoms with van der Waals surface area (Å²) in [4.78, 5) is 21.7. The van der Waals surface area contributed by atoms with Crippen LogP contribution < -0.4 is 5.32 Å². The second kappa shape index (κ2) is 5.21. The van der Waals surface area contributed by atoms with E-state index in [0.717, 1.165) is 0 Å². The molecule has 0 aliphatic rings. The van der Waals surface area contributed by atoms with E-state index in [1.807, 2.05) is 0 Å². The lowest BCUT2D eigenvalue weighted by Gasteiger charge is -2.01. The zero-order valence-electron chi connectivity index (χ0n) is 8.08. The Morgan fingerprint density at radius 1 is 1.43 bits per heavy atom. The molecule has 1 N–H and O–H groups in total. The monoisotopic (exact) mass is 195 g/mol. The van der Waals surface area contributed by atoms with Gasteiger partial charge < -0.3 is 14.5 Å². The summed E-state index contributed by atoms with van der Waals surface area (Å²) in [7, 11) is 0. The minimum Gasteiger partial charge on any atom is -0.467 e. The fourth-order valence-electron chi connectivity index (χ4n) is 0.977. The molecule has 0 fully saturated rings. The molecule has 0 unspecified atom stereocenters. The Labute approximate surface area is 82.3 Å². The van der Waals surface area contributed by atoms with Gasteiger partial charge in [-0.1, -0.05) is 0 Å². The first-order valence-corrected chi connectivity index (χ1v) is 4.47. The van der Waals surface area contributed by atoms with E-state index in [0.29, 0.717) is 18.7 Å². The van der Waals surface area contributed by atoms with Crippen molar-refractivity contribution in [3.05, 3.63) is 24.2 Å². The smallest absolute Gasteiger partial charge is 0.220 e. The van der Waals surface area contributed by atoms with Gasteiger partial charge in [-0.05, 0) is 19.1 Å². The van der Waals surface area contributed by atoms with Crippen LogP contribution in [0.15, 0.2) is 22.8 Å². The molecule has 1 aromatic rings. The predicted molar refractivity (Wildman–Crippen MR) is 50.5 cm³/mol. The van der Waals surface area contributed by atoms with Gasteiger partial charge in [-0.25, -0.2) is 0 Å². The van der Waals surface area contributed by atoms with E-state index in [4.69, 9.17) is 4.42 Å². The van der Waals surface area contributed by atoms with Crippen LogP contribution in [0.1, 0.15) is 25.5 Å². The van der Waals surface area contributed by atoms with Crippen LogP contribution in [-0.2, 0) is 16.1 Å². The van der Waals surface area contributed by atoms with Gasteiger partial charge in [-0.15, -0.1) is 0 Å². The summed E-state index contributed by atoms with van der Waals surface area (Å²) in [6.45, 7) is 1.85. The maximum atomic E-state index is 11.1. The number of ketones is 1. The number of furan rings is 1. The Morgan fingerprint density at radius 3 is 2.79 bits per heavy atom. The summed E-state index contributed by atoms with van der Waals surface area (Å²) in [5, 5.41) is 2.66. The number of carbonyl (C=O) groups excluding carboxylic acids is 2. The maximum absolute atomic E-state index is 11.1. The Hall–Kier alpha value is -1.58. The summed E-state index contributed by atoms with van der Waals surface area (Å²) >= 11 is 0. The number of hydrogen-bond acceptors (Lipinski definition) is 3. The average molecular weight is 195 g/mol. The fraction of sp³-hybridized carbons (Fsp3) is 0.400. The molecule has 0 aromatic carbocycles. The second-order valence-electron chi connectivity index (χ2n) is 3.06. The molecule has 1 amide bonds. The molecule has 0 spiro atoms. The first-order valence-electron chi connectivity index (χ1n) is 4.47. The van der Waals surface area contributed by atoms with Crippen molar-refractivity contribution in [3.63, 3.8) is 0 Å². The quantitative estimate of drug-likeness (QED) is 0.769. The van der Waals surface area contributed by atoms with E-state index in [2.05, 4.69) is 5.32 Å². The van der Waals surface area contributed by atoms with Gasteiger partial charge in [-0.2, -0.15) is 0 Å². The minimum atomic E-state index is -0.128. The van der Waals surface area contributed by atoms with Crippen LogP contribution in [0.2, 0.25) is 0 Å². The molecule has 0 atom stereocenters. The molecule has 0 radical (unpaired) electrons. The number of hydrogen-bond donors (Lipinski definition) is 1. The van der Waals surface area contributed by atoms with E-state index in [-0.39, 0.29) is 18.1 Å². The van der Waals surface area contributed by atoms with Gasteiger partial charge in [0.1, 0.15) is 11.5 Å². The number of carbonyl (C=O) groups is 2. The van der Waals surface area contributed by atoms with Gasteiger partial charge in [0.05, 0.1) is 12.8 Å².